The van der Waals surface area contributed by atoms with Crippen LogP contribution in [0.1, 0.15) is 19.3 Å². The SMILES string of the molecule is NC(C(=O)O)C1C(=O)CCCC1=O. The smallest absolute Gasteiger partial charge is 0.321 e. The molecule has 0 radical (unpaired) electrons. The van der Waals surface area contributed by atoms with E-state index in [0.717, 1.165) is 0 Å². The molecule has 0 saturated heterocycles. The van der Waals surface area contributed by atoms with Crippen LogP contribution < -0.4 is 5.73 Å². The Labute approximate surface area is 74.9 Å². The summed E-state index contributed by atoms with van der Waals surface area (Å²) in [5.41, 5.74) is 5.23. The van der Waals surface area contributed by atoms with Crippen LogP contribution in [0.15, 0.2) is 0 Å². The molecule has 1 atom stereocenters. The average Bonchev–Trinajstić information content (AvgIpc) is 2.03. The third-order valence-corrected chi connectivity index (χ3v) is 2.18. The van der Waals surface area contributed by atoms with Gasteiger partial charge in [-0.25, -0.2) is 0 Å². The van der Waals surface area contributed by atoms with Crippen molar-refractivity contribution in [2.45, 2.75) is 25.3 Å². The van der Waals surface area contributed by atoms with Crippen molar-refractivity contribution in [2.75, 3.05) is 0 Å². The third kappa shape index (κ3) is 1.92. The van der Waals surface area contributed by atoms with Gasteiger partial charge in [0.1, 0.15) is 23.5 Å². The Bertz CT molecular complexity index is 245. The van der Waals surface area contributed by atoms with Crippen LogP contribution >= 0.6 is 0 Å². The van der Waals surface area contributed by atoms with Crippen LogP contribution in [0.2, 0.25) is 0 Å². The number of Topliss-reactive ketones (excluding diaryl/α,β-unsaturated/α-hetero) is 2. The van der Waals surface area contributed by atoms with Crippen molar-refractivity contribution in [3.8, 4) is 0 Å². The summed E-state index contributed by atoms with van der Waals surface area (Å²) in [7, 11) is 0. The lowest BCUT2D eigenvalue weighted by molar-refractivity contribution is -0.147. The van der Waals surface area contributed by atoms with E-state index in [-0.39, 0.29) is 24.4 Å². The Kier molecular flexibility index (Phi) is 2.77. The van der Waals surface area contributed by atoms with Crippen molar-refractivity contribution < 1.29 is 19.5 Å². The van der Waals surface area contributed by atoms with Crippen molar-refractivity contribution in [2.24, 2.45) is 11.7 Å². The highest BCUT2D eigenvalue weighted by atomic mass is 16.4. The van der Waals surface area contributed by atoms with E-state index in [2.05, 4.69) is 0 Å². The zero-order chi connectivity index (χ0) is 10.0. The van der Waals surface area contributed by atoms with Crippen molar-refractivity contribution in [3.63, 3.8) is 0 Å². The van der Waals surface area contributed by atoms with Gasteiger partial charge in [0.2, 0.25) is 0 Å². The molecule has 0 aromatic carbocycles. The van der Waals surface area contributed by atoms with Gasteiger partial charge in [0.25, 0.3) is 0 Å². The summed E-state index contributed by atoms with van der Waals surface area (Å²) < 4.78 is 0. The number of carbonyl (C=O) groups is 3. The second-order valence-corrected chi connectivity index (χ2v) is 3.13. The fourth-order valence-corrected chi connectivity index (χ4v) is 1.47. The normalized spacial score (nSPS) is 21.6. The average molecular weight is 185 g/mol. The third-order valence-electron chi connectivity index (χ3n) is 2.18. The van der Waals surface area contributed by atoms with Crippen LogP contribution in [0.5, 0.6) is 0 Å². The maximum absolute atomic E-state index is 11.2. The number of nitrogens with two attached hydrogens (primary N) is 1. The molecule has 1 fully saturated rings. The van der Waals surface area contributed by atoms with E-state index < -0.39 is 17.9 Å². The molecule has 0 bridgehead atoms. The highest BCUT2D eigenvalue weighted by molar-refractivity contribution is 6.07. The summed E-state index contributed by atoms with van der Waals surface area (Å²) >= 11 is 0. The molecule has 0 aromatic rings. The molecule has 13 heavy (non-hydrogen) atoms. The van der Waals surface area contributed by atoms with E-state index in [1.807, 2.05) is 0 Å². The van der Waals surface area contributed by atoms with Crippen LogP contribution in [0, 0.1) is 5.92 Å². The van der Waals surface area contributed by atoms with Crippen molar-refractivity contribution in [1.82, 2.24) is 0 Å². The predicted octanol–water partition coefficient (Wildman–Crippen LogP) is -0.663. The maximum atomic E-state index is 11.2. The van der Waals surface area contributed by atoms with Crippen LogP contribution in [0.25, 0.3) is 0 Å². The minimum absolute atomic E-state index is 0.261. The van der Waals surface area contributed by atoms with Crippen LogP contribution in [-0.2, 0) is 14.4 Å². The first-order valence-corrected chi connectivity index (χ1v) is 4.08. The largest absolute Gasteiger partial charge is 0.480 e. The molecule has 1 aliphatic rings. The molecule has 5 heteroatoms. The first kappa shape index (κ1) is 9.85. The second-order valence-electron chi connectivity index (χ2n) is 3.13. The number of carboxylic acids is 1. The van der Waals surface area contributed by atoms with Gasteiger partial charge in [-0.2, -0.15) is 0 Å². The van der Waals surface area contributed by atoms with Gasteiger partial charge in [-0.3, -0.25) is 14.4 Å². The number of ketones is 2. The molecule has 0 aliphatic heterocycles. The molecule has 1 saturated carbocycles. The van der Waals surface area contributed by atoms with Gasteiger partial charge in [0.15, 0.2) is 0 Å². The molecule has 72 valence electrons. The monoisotopic (exact) mass is 185 g/mol. The molecule has 1 rings (SSSR count). The van der Waals surface area contributed by atoms with Gasteiger partial charge in [-0.15, -0.1) is 0 Å². The zero-order valence-electron chi connectivity index (χ0n) is 7.03. The summed E-state index contributed by atoms with van der Waals surface area (Å²) in [6.45, 7) is 0. The van der Waals surface area contributed by atoms with E-state index in [1.54, 1.807) is 0 Å². The Morgan fingerprint density at radius 2 is 1.85 bits per heavy atom. The minimum atomic E-state index is -1.37. The first-order chi connectivity index (χ1) is 6.04. The summed E-state index contributed by atoms with van der Waals surface area (Å²) in [6, 6.07) is -1.37. The number of rotatable bonds is 2. The van der Waals surface area contributed by atoms with Crippen LogP contribution in [0.4, 0.5) is 0 Å². The summed E-state index contributed by atoms with van der Waals surface area (Å²) in [4.78, 5) is 32.8. The zero-order valence-corrected chi connectivity index (χ0v) is 7.03. The summed E-state index contributed by atoms with van der Waals surface area (Å²) in [5, 5.41) is 8.54. The van der Waals surface area contributed by atoms with Crippen LogP contribution in [-0.4, -0.2) is 28.7 Å². The molecule has 0 heterocycles. The Hall–Kier alpha value is -1.23. The molecule has 0 spiro atoms. The second kappa shape index (κ2) is 3.66. The van der Waals surface area contributed by atoms with E-state index in [0.29, 0.717) is 6.42 Å². The molecular weight excluding hydrogens is 174 g/mol. The minimum Gasteiger partial charge on any atom is -0.480 e. The molecule has 3 N–H and O–H groups in total. The lowest BCUT2D eigenvalue weighted by atomic mass is 9.82. The number of hydrogen-bond donors (Lipinski definition) is 2. The quantitative estimate of drug-likeness (QED) is 0.556. The standard InChI is InChI=1S/C8H11NO4/c9-7(8(12)13)6-4(10)2-1-3-5(6)11/h6-7H,1-3,9H2,(H,12,13). The molecule has 1 aliphatic carbocycles. The maximum Gasteiger partial charge on any atom is 0.321 e. The Morgan fingerprint density at radius 3 is 2.23 bits per heavy atom. The van der Waals surface area contributed by atoms with Crippen molar-refractivity contribution in [3.05, 3.63) is 0 Å². The fourth-order valence-electron chi connectivity index (χ4n) is 1.47. The number of hydrogen-bond acceptors (Lipinski definition) is 4. The van der Waals surface area contributed by atoms with Gasteiger partial charge in [0.05, 0.1) is 0 Å². The molecule has 5 nitrogen and oxygen atoms in total. The predicted molar refractivity (Wildman–Crippen MR) is 43.0 cm³/mol. The van der Waals surface area contributed by atoms with Crippen molar-refractivity contribution in [1.29, 1.82) is 0 Å². The number of carboxylic acid groups (broad SMARTS) is 1. The van der Waals surface area contributed by atoms with E-state index >= 15 is 0 Å². The van der Waals surface area contributed by atoms with Gasteiger partial charge < -0.3 is 10.8 Å². The lowest BCUT2D eigenvalue weighted by Gasteiger charge is -2.21. The van der Waals surface area contributed by atoms with E-state index in [4.69, 9.17) is 10.8 Å². The summed E-state index contributed by atoms with van der Waals surface area (Å²) in [6.07, 6.45) is 1.04. The van der Waals surface area contributed by atoms with E-state index in [1.165, 1.54) is 0 Å². The molecule has 1 unspecified atom stereocenters. The Morgan fingerprint density at radius 1 is 1.38 bits per heavy atom. The number of aliphatic carboxylic acids is 1. The first-order valence-electron chi connectivity index (χ1n) is 4.08. The fraction of sp³-hybridized carbons (Fsp3) is 0.625. The highest BCUT2D eigenvalue weighted by Crippen LogP contribution is 2.19. The highest BCUT2D eigenvalue weighted by Gasteiger charge is 2.38. The molecular formula is C8H11NO4. The van der Waals surface area contributed by atoms with Gasteiger partial charge in [-0.05, 0) is 6.42 Å². The van der Waals surface area contributed by atoms with Crippen LogP contribution in [0.3, 0.4) is 0 Å². The topological polar surface area (TPSA) is 97.5 Å². The number of carbonyl (C=O) groups excluding carboxylic acids is 2. The summed E-state index contributed by atoms with van der Waals surface area (Å²) in [5.74, 6) is -3.10. The lowest BCUT2D eigenvalue weighted by Crippen LogP contribution is -2.47. The molecule has 0 aromatic heterocycles. The Balaban J connectivity index is 2.80. The van der Waals surface area contributed by atoms with E-state index in [9.17, 15) is 14.4 Å². The van der Waals surface area contributed by atoms with Crippen molar-refractivity contribution >= 4 is 17.5 Å². The molecule has 0 amide bonds. The van der Waals surface area contributed by atoms with Gasteiger partial charge >= 0.3 is 5.97 Å². The van der Waals surface area contributed by atoms with Gasteiger partial charge in [-0.1, -0.05) is 0 Å². The van der Waals surface area contributed by atoms with Gasteiger partial charge in [0, 0.05) is 12.8 Å².